The topological polar surface area (TPSA) is 75.7 Å². The minimum absolute atomic E-state index is 0.0191. The molecule has 5 unspecified atom stereocenters. The smallest absolute Gasteiger partial charge is 0.0972 e. The number of fused-ring (bicyclic) bond motifs is 1. The van der Waals surface area contributed by atoms with E-state index in [1.54, 1.807) is 11.8 Å². The average Bonchev–Trinajstić information content (AvgIpc) is 2.40. The maximum atomic E-state index is 10.6. The molecule has 7 heteroatoms. The van der Waals surface area contributed by atoms with Crippen LogP contribution in [0, 0.1) is 0 Å². The highest BCUT2D eigenvalue weighted by molar-refractivity contribution is 8.00. The maximum Gasteiger partial charge on any atom is 0.0972 e. The molecule has 0 aliphatic carbocycles. The van der Waals surface area contributed by atoms with Gasteiger partial charge in [-0.3, -0.25) is 0 Å². The predicted molar refractivity (Wildman–Crippen MR) is 59.5 cm³/mol. The fraction of sp³-hybridized carbons (Fsp3) is 1.00. The summed E-state index contributed by atoms with van der Waals surface area (Å²) in [5, 5.41) is 0.627. The third-order valence-electron chi connectivity index (χ3n) is 2.89. The zero-order valence-electron chi connectivity index (χ0n) is 9.16. The Morgan fingerprint density at radius 3 is 2.56 bits per heavy atom. The fourth-order valence-electron chi connectivity index (χ4n) is 2.24. The van der Waals surface area contributed by atoms with Crippen LogP contribution in [0.2, 0.25) is 0 Å². The van der Waals surface area contributed by atoms with Gasteiger partial charge < -0.3 is 14.0 Å². The van der Waals surface area contributed by atoms with Crippen LogP contribution in [0.15, 0.2) is 0 Å². The summed E-state index contributed by atoms with van der Waals surface area (Å²) < 4.78 is 43.2. The molecule has 0 aromatic rings. The van der Waals surface area contributed by atoms with Crippen LogP contribution in [0.4, 0.5) is 0 Å². The molecule has 5 atom stereocenters. The lowest BCUT2D eigenvalue weighted by molar-refractivity contribution is -0.165. The van der Waals surface area contributed by atoms with Crippen LogP contribution in [0.5, 0.6) is 0 Å². The van der Waals surface area contributed by atoms with Crippen LogP contribution in [-0.2, 0) is 19.6 Å². The first kappa shape index (κ1) is 12.6. The van der Waals surface area contributed by atoms with Gasteiger partial charge in [0.05, 0.1) is 40.8 Å². The Bertz CT molecular complexity index is 355. The van der Waals surface area contributed by atoms with Gasteiger partial charge in [-0.1, -0.05) is 13.8 Å². The van der Waals surface area contributed by atoms with E-state index >= 15 is 0 Å². The Morgan fingerprint density at radius 2 is 1.94 bits per heavy atom. The van der Waals surface area contributed by atoms with Crippen LogP contribution >= 0.6 is 11.8 Å². The molecule has 0 N–H and O–H groups in total. The second-order valence-corrected chi connectivity index (χ2v) is 7.50. The Balaban J connectivity index is 2.00. The summed E-state index contributed by atoms with van der Waals surface area (Å²) in [5.74, 6) is -0.498. The van der Waals surface area contributed by atoms with Gasteiger partial charge in [-0.15, -0.1) is 0 Å². The second-order valence-electron chi connectivity index (χ2n) is 4.29. The fourth-order valence-corrected chi connectivity index (χ4v) is 4.31. The molecule has 0 spiro atoms. The van der Waals surface area contributed by atoms with Crippen molar-refractivity contribution in [1.29, 1.82) is 0 Å². The number of ether oxygens (including phenoxy) is 2. The van der Waals surface area contributed by atoms with Crippen molar-refractivity contribution in [2.75, 3.05) is 12.4 Å². The third kappa shape index (κ3) is 2.70. The summed E-state index contributed by atoms with van der Waals surface area (Å²) in [6.07, 6.45) is -0.691. The zero-order valence-corrected chi connectivity index (χ0v) is 10.8. The van der Waals surface area contributed by atoms with Crippen molar-refractivity contribution >= 4 is 21.9 Å². The molecule has 0 bridgehead atoms. The van der Waals surface area contributed by atoms with E-state index in [2.05, 4.69) is 6.92 Å². The average molecular weight is 267 g/mol. The standard InChI is InChI=1S/C9H16O5S2/c1-5-8-9(6(2)15-5)14-7(3-13-8)4-16(10,11)12/h5-9H,3-4H2,1-2H3,(H,10,11,12)/p-1. The number of rotatable bonds is 2. The highest BCUT2D eigenvalue weighted by atomic mass is 32.2. The third-order valence-corrected chi connectivity index (χ3v) is 5.07. The van der Waals surface area contributed by atoms with Crippen LogP contribution in [0.25, 0.3) is 0 Å². The lowest BCUT2D eigenvalue weighted by Gasteiger charge is -2.35. The molecule has 0 aromatic heterocycles. The first-order chi connectivity index (χ1) is 7.37. The Morgan fingerprint density at radius 1 is 1.31 bits per heavy atom. The van der Waals surface area contributed by atoms with Crippen molar-refractivity contribution < 1.29 is 22.4 Å². The Hall–Kier alpha value is 0.180. The van der Waals surface area contributed by atoms with Gasteiger partial charge >= 0.3 is 0 Å². The molecule has 94 valence electrons. The van der Waals surface area contributed by atoms with E-state index in [4.69, 9.17) is 9.47 Å². The molecule has 2 heterocycles. The van der Waals surface area contributed by atoms with Crippen LogP contribution in [0.3, 0.4) is 0 Å². The Labute approximate surface area is 99.6 Å². The highest BCUT2D eigenvalue weighted by Crippen LogP contribution is 2.39. The molecule has 2 fully saturated rings. The lowest BCUT2D eigenvalue weighted by atomic mass is 10.1. The van der Waals surface area contributed by atoms with Gasteiger partial charge in [-0.2, -0.15) is 11.8 Å². The molecular formula is C9H15O5S2-. The molecule has 2 aliphatic rings. The summed E-state index contributed by atoms with van der Waals surface area (Å²) in [5.41, 5.74) is 0. The van der Waals surface area contributed by atoms with E-state index in [9.17, 15) is 13.0 Å². The number of thioether (sulfide) groups is 1. The van der Waals surface area contributed by atoms with E-state index in [0.29, 0.717) is 5.25 Å². The number of hydrogen-bond donors (Lipinski definition) is 0. The van der Waals surface area contributed by atoms with Crippen molar-refractivity contribution in [3.8, 4) is 0 Å². The van der Waals surface area contributed by atoms with Gasteiger partial charge in [0.15, 0.2) is 0 Å². The van der Waals surface area contributed by atoms with E-state index in [1.807, 2.05) is 6.92 Å². The molecule has 0 aromatic carbocycles. The van der Waals surface area contributed by atoms with Crippen molar-refractivity contribution in [1.82, 2.24) is 0 Å². The zero-order chi connectivity index (χ0) is 11.9. The van der Waals surface area contributed by atoms with Crippen molar-refractivity contribution in [2.45, 2.75) is 42.7 Å². The van der Waals surface area contributed by atoms with Crippen molar-refractivity contribution in [3.63, 3.8) is 0 Å². The van der Waals surface area contributed by atoms with E-state index in [0.717, 1.165) is 0 Å². The molecule has 2 saturated heterocycles. The van der Waals surface area contributed by atoms with Gasteiger partial charge in [-0.25, -0.2) is 8.42 Å². The maximum absolute atomic E-state index is 10.6. The first-order valence-electron chi connectivity index (χ1n) is 5.23. The minimum atomic E-state index is -4.25. The Kier molecular flexibility index (Phi) is 3.52. The van der Waals surface area contributed by atoms with Crippen molar-refractivity contribution in [2.24, 2.45) is 0 Å². The molecule has 16 heavy (non-hydrogen) atoms. The summed E-state index contributed by atoms with van der Waals surface area (Å²) in [6.45, 7) is 4.30. The number of hydrogen-bond acceptors (Lipinski definition) is 6. The van der Waals surface area contributed by atoms with E-state index in [-0.39, 0.29) is 24.1 Å². The van der Waals surface area contributed by atoms with E-state index in [1.165, 1.54) is 0 Å². The van der Waals surface area contributed by atoms with Crippen LogP contribution in [-0.4, -0.2) is 54.1 Å². The molecule has 5 nitrogen and oxygen atoms in total. The largest absolute Gasteiger partial charge is 0.748 e. The highest BCUT2D eigenvalue weighted by Gasteiger charge is 2.45. The second kappa shape index (κ2) is 4.45. The molecule has 0 amide bonds. The lowest BCUT2D eigenvalue weighted by Crippen LogP contribution is -2.48. The van der Waals surface area contributed by atoms with E-state index < -0.39 is 22.0 Å². The molecule has 0 radical (unpaired) electrons. The molecule has 2 aliphatic heterocycles. The summed E-state index contributed by atoms with van der Waals surface area (Å²) >= 11 is 1.77. The van der Waals surface area contributed by atoms with Gasteiger partial charge in [0.2, 0.25) is 0 Å². The first-order valence-corrected chi connectivity index (χ1v) is 7.75. The van der Waals surface area contributed by atoms with Gasteiger partial charge in [0.25, 0.3) is 0 Å². The minimum Gasteiger partial charge on any atom is -0.748 e. The van der Waals surface area contributed by atoms with Crippen LogP contribution in [0.1, 0.15) is 13.8 Å². The molecular weight excluding hydrogens is 252 g/mol. The van der Waals surface area contributed by atoms with Gasteiger partial charge in [0.1, 0.15) is 0 Å². The quantitative estimate of drug-likeness (QED) is 0.666. The van der Waals surface area contributed by atoms with Gasteiger partial charge in [-0.05, 0) is 0 Å². The summed E-state index contributed by atoms with van der Waals surface area (Å²) in [6, 6.07) is 0. The van der Waals surface area contributed by atoms with Crippen LogP contribution < -0.4 is 0 Å². The summed E-state index contributed by atoms with van der Waals surface area (Å²) in [7, 11) is -4.25. The SMILES string of the molecule is CC1SC(C)C2OC(CS(=O)(=O)[O-])COC12. The normalized spacial score (nSPS) is 44.3. The summed E-state index contributed by atoms with van der Waals surface area (Å²) in [4.78, 5) is 0. The predicted octanol–water partition coefficient (Wildman–Crippen LogP) is 0.208. The van der Waals surface area contributed by atoms with Crippen molar-refractivity contribution in [3.05, 3.63) is 0 Å². The molecule has 2 rings (SSSR count). The molecule has 0 saturated carbocycles. The monoisotopic (exact) mass is 267 g/mol. The van der Waals surface area contributed by atoms with Gasteiger partial charge in [0, 0.05) is 10.5 Å².